The van der Waals surface area contributed by atoms with Crippen LogP contribution in [0.25, 0.3) is 0 Å². The standard InChI is InChI=1S/C8H6O3/c9-4-6-2-1-3-7(5-10)8(6)11/h1-5,11H/p-1. The van der Waals surface area contributed by atoms with E-state index in [9.17, 15) is 14.7 Å². The minimum atomic E-state index is -0.502. The first-order valence-corrected chi connectivity index (χ1v) is 3.00. The Morgan fingerprint density at radius 3 is 1.91 bits per heavy atom. The number of carbonyl (C=O) groups is 2. The zero-order chi connectivity index (χ0) is 8.27. The van der Waals surface area contributed by atoms with Crippen molar-refractivity contribution >= 4 is 12.6 Å². The maximum atomic E-state index is 11.0. The van der Waals surface area contributed by atoms with Crippen LogP contribution in [-0.4, -0.2) is 12.6 Å². The van der Waals surface area contributed by atoms with Crippen LogP contribution in [0.3, 0.4) is 0 Å². The second kappa shape index (κ2) is 2.96. The van der Waals surface area contributed by atoms with E-state index in [0.717, 1.165) is 0 Å². The lowest BCUT2D eigenvalue weighted by Gasteiger charge is -2.10. The fourth-order valence-electron chi connectivity index (χ4n) is 0.759. The Bertz CT molecular complexity index is 265. The summed E-state index contributed by atoms with van der Waals surface area (Å²) in [6.45, 7) is 0. The van der Waals surface area contributed by atoms with Crippen LogP contribution >= 0.6 is 0 Å². The summed E-state index contributed by atoms with van der Waals surface area (Å²) in [5, 5.41) is 11.0. The van der Waals surface area contributed by atoms with Gasteiger partial charge in [0.25, 0.3) is 0 Å². The Kier molecular flexibility index (Phi) is 2.01. The molecule has 3 heteroatoms. The highest BCUT2D eigenvalue weighted by atomic mass is 16.3. The molecular weight excluding hydrogens is 144 g/mol. The van der Waals surface area contributed by atoms with Crippen molar-refractivity contribution < 1.29 is 14.7 Å². The molecule has 3 nitrogen and oxygen atoms in total. The molecule has 0 spiro atoms. The molecule has 0 aliphatic heterocycles. The lowest BCUT2D eigenvalue weighted by Crippen LogP contribution is -2.00. The Hall–Kier alpha value is -1.64. The Morgan fingerprint density at radius 1 is 1.09 bits per heavy atom. The third-order valence-corrected chi connectivity index (χ3v) is 1.33. The summed E-state index contributed by atoms with van der Waals surface area (Å²) in [6.07, 6.45) is 0.880. The van der Waals surface area contributed by atoms with Crippen molar-refractivity contribution in [1.82, 2.24) is 0 Å². The molecule has 1 aromatic rings. The number of para-hydroxylation sites is 1. The molecule has 0 unspecified atom stereocenters. The maximum absolute atomic E-state index is 11.0. The van der Waals surface area contributed by atoms with E-state index < -0.39 is 5.75 Å². The van der Waals surface area contributed by atoms with E-state index >= 15 is 0 Å². The van der Waals surface area contributed by atoms with E-state index in [2.05, 4.69) is 0 Å². The Morgan fingerprint density at radius 2 is 1.55 bits per heavy atom. The molecule has 0 bridgehead atoms. The van der Waals surface area contributed by atoms with Gasteiger partial charge in [-0.05, 0) is 0 Å². The second-order valence-electron chi connectivity index (χ2n) is 2.00. The van der Waals surface area contributed by atoms with Gasteiger partial charge in [0.1, 0.15) is 12.6 Å². The molecule has 0 radical (unpaired) electrons. The highest BCUT2D eigenvalue weighted by molar-refractivity contribution is 5.87. The zero-order valence-electron chi connectivity index (χ0n) is 5.61. The van der Waals surface area contributed by atoms with Crippen LogP contribution in [0.1, 0.15) is 20.7 Å². The first-order valence-electron chi connectivity index (χ1n) is 3.00. The van der Waals surface area contributed by atoms with Gasteiger partial charge in [0.2, 0.25) is 0 Å². The zero-order valence-corrected chi connectivity index (χ0v) is 5.61. The molecule has 0 aliphatic carbocycles. The van der Waals surface area contributed by atoms with Gasteiger partial charge < -0.3 is 5.11 Å². The van der Waals surface area contributed by atoms with Gasteiger partial charge in [0.05, 0.1) is 0 Å². The molecule has 0 amide bonds. The first kappa shape index (κ1) is 7.47. The van der Waals surface area contributed by atoms with Crippen molar-refractivity contribution in [3.8, 4) is 5.75 Å². The summed E-state index contributed by atoms with van der Waals surface area (Å²) in [6, 6.07) is 4.25. The second-order valence-corrected chi connectivity index (χ2v) is 2.00. The molecule has 0 fully saturated rings. The Labute approximate surface area is 63.3 Å². The SMILES string of the molecule is O=Cc1cccc(C=O)c1[O-]. The van der Waals surface area contributed by atoms with Crippen LogP contribution in [0.4, 0.5) is 0 Å². The average Bonchev–Trinajstić information content (AvgIpc) is 2.05. The van der Waals surface area contributed by atoms with Crippen LogP contribution in [0.15, 0.2) is 18.2 Å². The largest absolute Gasteiger partial charge is 0.871 e. The quantitative estimate of drug-likeness (QED) is 0.571. The molecule has 0 aromatic heterocycles. The van der Waals surface area contributed by atoms with E-state index in [4.69, 9.17) is 0 Å². The molecule has 1 aromatic carbocycles. The summed E-state index contributed by atoms with van der Waals surface area (Å²) < 4.78 is 0. The van der Waals surface area contributed by atoms with Crippen LogP contribution < -0.4 is 5.11 Å². The van der Waals surface area contributed by atoms with E-state index in [1.165, 1.54) is 18.2 Å². The van der Waals surface area contributed by atoms with Gasteiger partial charge in [0.15, 0.2) is 0 Å². The summed E-state index contributed by atoms with van der Waals surface area (Å²) in [5.74, 6) is -0.502. The molecular formula is C8H5O3-. The molecule has 1 rings (SSSR count). The van der Waals surface area contributed by atoms with E-state index in [-0.39, 0.29) is 11.1 Å². The summed E-state index contributed by atoms with van der Waals surface area (Å²) in [7, 11) is 0. The minimum absolute atomic E-state index is 0.0228. The molecule has 0 atom stereocenters. The number of rotatable bonds is 2. The van der Waals surface area contributed by atoms with Crippen LogP contribution in [0.2, 0.25) is 0 Å². The van der Waals surface area contributed by atoms with Gasteiger partial charge in [-0.3, -0.25) is 9.59 Å². The third-order valence-electron chi connectivity index (χ3n) is 1.33. The molecule has 0 aliphatic rings. The molecule has 56 valence electrons. The summed E-state index contributed by atoms with van der Waals surface area (Å²) in [5.41, 5.74) is 0.0456. The summed E-state index contributed by atoms with van der Waals surface area (Å²) in [4.78, 5) is 20.4. The van der Waals surface area contributed by atoms with Gasteiger partial charge in [-0.15, -0.1) is 0 Å². The van der Waals surface area contributed by atoms with Crippen molar-refractivity contribution in [2.24, 2.45) is 0 Å². The normalized spacial score (nSPS) is 9.09. The van der Waals surface area contributed by atoms with Gasteiger partial charge in [-0.25, -0.2) is 0 Å². The van der Waals surface area contributed by atoms with Crippen molar-refractivity contribution in [3.63, 3.8) is 0 Å². The van der Waals surface area contributed by atoms with Gasteiger partial charge in [-0.1, -0.05) is 23.9 Å². The fourth-order valence-corrected chi connectivity index (χ4v) is 0.759. The van der Waals surface area contributed by atoms with Crippen molar-refractivity contribution in [2.75, 3.05) is 0 Å². The first-order chi connectivity index (χ1) is 5.29. The molecule has 0 saturated heterocycles. The third kappa shape index (κ3) is 1.26. The van der Waals surface area contributed by atoms with Crippen molar-refractivity contribution in [1.29, 1.82) is 0 Å². The average molecular weight is 149 g/mol. The van der Waals surface area contributed by atoms with Crippen LogP contribution in [0, 0.1) is 0 Å². The van der Waals surface area contributed by atoms with E-state index in [0.29, 0.717) is 12.6 Å². The maximum Gasteiger partial charge on any atom is 0.149 e. The highest BCUT2D eigenvalue weighted by Crippen LogP contribution is 2.14. The number of aldehydes is 2. The minimum Gasteiger partial charge on any atom is -0.871 e. The predicted molar refractivity (Wildman–Crippen MR) is 36.7 cm³/mol. The molecule has 0 N–H and O–H groups in total. The predicted octanol–water partition coefficient (Wildman–Crippen LogP) is 0.385. The smallest absolute Gasteiger partial charge is 0.149 e. The monoisotopic (exact) mass is 149 g/mol. The summed E-state index contributed by atoms with van der Waals surface area (Å²) >= 11 is 0. The van der Waals surface area contributed by atoms with Crippen LogP contribution in [0.5, 0.6) is 5.75 Å². The number of carbonyl (C=O) groups excluding carboxylic acids is 2. The lowest BCUT2D eigenvalue weighted by molar-refractivity contribution is -0.268. The van der Waals surface area contributed by atoms with E-state index in [1.807, 2.05) is 0 Å². The molecule has 0 saturated carbocycles. The number of benzene rings is 1. The topological polar surface area (TPSA) is 57.2 Å². The highest BCUT2D eigenvalue weighted by Gasteiger charge is 1.95. The van der Waals surface area contributed by atoms with Gasteiger partial charge >= 0.3 is 0 Å². The molecule has 0 heterocycles. The van der Waals surface area contributed by atoms with Gasteiger partial charge in [0, 0.05) is 11.1 Å². The molecule has 11 heavy (non-hydrogen) atoms. The van der Waals surface area contributed by atoms with Crippen LogP contribution in [-0.2, 0) is 0 Å². The lowest BCUT2D eigenvalue weighted by atomic mass is 10.1. The number of hydrogen-bond donors (Lipinski definition) is 0. The van der Waals surface area contributed by atoms with Gasteiger partial charge in [-0.2, -0.15) is 0 Å². The van der Waals surface area contributed by atoms with Crippen molar-refractivity contribution in [3.05, 3.63) is 29.3 Å². The fraction of sp³-hybridized carbons (Fsp3) is 0. The van der Waals surface area contributed by atoms with Crippen molar-refractivity contribution in [2.45, 2.75) is 0 Å². The number of hydrogen-bond acceptors (Lipinski definition) is 3. The Balaban J connectivity index is 3.30. The van der Waals surface area contributed by atoms with E-state index in [1.54, 1.807) is 0 Å².